The monoisotopic (exact) mass is 242 g/mol. The minimum atomic E-state index is 0.158. The molecule has 0 fully saturated rings. The lowest BCUT2D eigenvalue weighted by Gasteiger charge is -2.28. The minimum absolute atomic E-state index is 0.158. The summed E-state index contributed by atoms with van der Waals surface area (Å²) in [6, 6.07) is 0. The van der Waals surface area contributed by atoms with Gasteiger partial charge in [0.1, 0.15) is 6.17 Å². The smallest absolute Gasteiger partial charge is 0.178 e. The molecule has 0 N–H and O–H groups in total. The second kappa shape index (κ2) is 4.64. The maximum atomic E-state index is 4.43. The van der Waals surface area contributed by atoms with Crippen molar-refractivity contribution < 1.29 is 0 Å². The van der Waals surface area contributed by atoms with Crippen LogP contribution in [-0.4, -0.2) is 23.2 Å². The maximum absolute atomic E-state index is 4.43. The Kier molecular flexibility index (Phi) is 3.19. The molecule has 0 radical (unpaired) electrons. The van der Waals surface area contributed by atoms with Crippen LogP contribution in [-0.2, 0) is 0 Å². The molecule has 0 saturated carbocycles. The zero-order chi connectivity index (χ0) is 13.3. The van der Waals surface area contributed by atoms with Crippen LogP contribution in [0.3, 0.4) is 0 Å². The van der Waals surface area contributed by atoms with E-state index >= 15 is 0 Å². The van der Waals surface area contributed by atoms with Crippen LogP contribution in [0.25, 0.3) is 0 Å². The van der Waals surface area contributed by atoms with Crippen LogP contribution in [0.2, 0.25) is 0 Å². The second-order valence-electron chi connectivity index (χ2n) is 4.29. The zero-order valence-electron chi connectivity index (χ0n) is 11.1. The highest BCUT2D eigenvalue weighted by Gasteiger charge is 2.34. The standard InChI is InChI=1S/C14H18N4/c1-6-10(3)12(7-2)18-11(4)17(5)13-14(18)16-9-8-15-13/h6-9,11H,1-2H2,3-5H3/b12-10+/t11-/m0/s1. The molecule has 0 aliphatic carbocycles. The fourth-order valence-corrected chi connectivity index (χ4v) is 2.14. The molecule has 0 saturated heterocycles. The fourth-order valence-electron chi connectivity index (χ4n) is 2.14. The summed E-state index contributed by atoms with van der Waals surface area (Å²) < 4.78 is 0. The first-order valence-electron chi connectivity index (χ1n) is 5.90. The largest absolute Gasteiger partial charge is 0.336 e. The molecule has 1 aliphatic rings. The van der Waals surface area contributed by atoms with E-state index in [1.807, 2.05) is 26.1 Å². The van der Waals surface area contributed by atoms with E-state index in [9.17, 15) is 0 Å². The molecule has 0 aromatic carbocycles. The molecule has 4 heteroatoms. The lowest BCUT2D eigenvalue weighted by Crippen LogP contribution is -2.38. The average molecular weight is 242 g/mol. The Morgan fingerprint density at radius 2 is 1.83 bits per heavy atom. The quantitative estimate of drug-likeness (QED) is 0.763. The van der Waals surface area contributed by atoms with E-state index in [2.05, 4.69) is 39.8 Å². The number of allylic oxidation sites excluding steroid dienone is 3. The Balaban J connectivity index is 2.59. The second-order valence-corrected chi connectivity index (χ2v) is 4.29. The first-order valence-corrected chi connectivity index (χ1v) is 5.90. The Hall–Kier alpha value is -2.10. The zero-order valence-corrected chi connectivity index (χ0v) is 11.1. The predicted molar refractivity (Wildman–Crippen MR) is 75.5 cm³/mol. The van der Waals surface area contributed by atoms with Gasteiger partial charge in [0.15, 0.2) is 11.6 Å². The van der Waals surface area contributed by atoms with Crippen molar-refractivity contribution in [3.63, 3.8) is 0 Å². The van der Waals surface area contributed by atoms with Gasteiger partial charge < -0.3 is 9.80 Å². The van der Waals surface area contributed by atoms with E-state index in [4.69, 9.17) is 0 Å². The van der Waals surface area contributed by atoms with E-state index in [0.717, 1.165) is 22.9 Å². The Morgan fingerprint density at radius 1 is 1.22 bits per heavy atom. The summed E-state index contributed by atoms with van der Waals surface area (Å²) >= 11 is 0. The molecule has 18 heavy (non-hydrogen) atoms. The first kappa shape index (κ1) is 12.4. The summed E-state index contributed by atoms with van der Waals surface area (Å²) in [6.45, 7) is 11.8. The first-order chi connectivity index (χ1) is 8.61. The summed E-state index contributed by atoms with van der Waals surface area (Å²) in [4.78, 5) is 13.0. The summed E-state index contributed by atoms with van der Waals surface area (Å²) in [6.07, 6.45) is 7.25. The molecule has 2 heterocycles. The Bertz CT molecular complexity index is 518. The number of fused-ring (bicyclic) bond motifs is 1. The van der Waals surface area contributed by atoms with Crippen LogP contribution in [0.5, 0.6) is 0 Å². The molecule has 0 amide bonds. The van der Waals surface area contributed by atoms with Crippen molar-refractivity contribution in [3.05, 3.63) is 49.0 Å². The molecule has 0 spiro atoms. The van der Waals surface area contributed by atoms with Crippen molar-refractivity contribution in [1.82, 2.24) is 9.97 Å². The summed E-state index contributed by atoms with van der Waals surface area (Å²) in [5, 5.41) is 0. The van der Waals surface area contributed by atoms with E-state index in [1.165, 1.54) is 0 Å². The van der Waals surface area contributed by atoms with Gasteiger partial charge in [-0.05, 0) is 25.5 Å². The topological polar surface area (TPSA) is 32.3 Å². The van der Waals surface area contributed by atoms with Crippen LogP contribution in [0.15, 0.2) is 49.0 Å². The molecular formula is C14H18N4. The number of aromatic nitrogens is 2. The fraction of sp³-hybridized carbons (Fsp3) is 0.286. The highest BCUT2D eigenvalue weighted by Crippen LogP contribution is 2.37. The van der Waals surface area contributed by atoms with Gasteiger partial charge in [0, 0.05) is 25.1 Å². The highest BCUT2D eigenvalue weighted by molar-refractivity contribution is 5.73. The maximum Gasteiger partial charge on any atom is 0.178 e. The molecule has 1 atom stereocenters. The van der Waals surface area contributed by atoms with E-state index in [0.29, 0.717) is 0 Å². The summed E-state index contributed by atoms with van der Waals surface area (Å²) in [5.74, 6) is 1.75. The van der Waals surface area contributed by atoms with Gasteiger partial charge >= 0.3 is 0 Å². The molecule has 0 unspecified atom stereocenters. The predicted octanol–water partition coefficient (Wildman–Crippen LogP) is 2.72. The number of rotatable bonds is 3. The van der Waals surface area contributed by atoms with Crippen LogP contribution < -0.4 is 9.80 Å². The molecule has 94 valence electrons. The van der Waals surface area contributed by atoms with Crippen molar-refractivity contribution in [2.45, 2.75) is 20.0 Å². The SMILES string of the molecule is C=C/C(C)=C(\C=C)N1c2nccnc2N(C)[C@@H]1C. The van der Waals surface area contributed by atoms with Crippen molar-refractivity contribution in [3.8, 4) is 0 Å². The molecule has 1 aromatic rings. The third kappa shape index (κ3) is 1.70. The van der Waals surface area contributed by atoms with E-state index in [1.54, 1.807) is 12.4 Å². The Morgan fingerprint density at radius 3 is 2.39 bits per heavy atom. The van der Waals surface area contributed by atoms with Gasteiger partial charge in [-0.3, -0.25) is 0 Å². The van der Waals surface area contributed by atoms with E-state index < -0.39 is 0 Å². The minimum Gasteiger partial charge on any atom is -0.336 e. The normalized spacial score (nSPS) is 19.4. The lowest BCUT2D eigenvalue weighted by molar-refractivity contribution is 0.708. The van der Waals surface area contributed by atoms with Gasteiger partial charge in [-0.1, -0.05) is 19.2 Å². The number of hydrogen-bond donors (Lipinski definition) is 0. The molecule has 1 aliphatic heterocycles. The lowest BCUT2D eigenvalue weighted by atomic mass is 10.2. The molecule has 2 rings (SSSR count). The van der Waals surface area contributed by atoms with Crippen LogP contribution >= 0.6 is 0 Å². The van der Waals surface area contributed by atoms with Gasteiger partial charge in [-0.2, -0.15) is 0 Å². The van der Waals surface area contributed by atoms with E-state index in [-0.39, 0.29) is 6.17 Å². The van der Waals surface area contributed by atoms with Crippen molar-refractivity contribution >= 4 is 11.6 Å². The number of anilines is 2. The van der Waals surface area contributed by atoms with Crippen molar-refractivity contribution in [2.24, 2.45) is 0 Å². The molecule has 1 aromatic heterocycles. The molecule has 0 bridgehead atoms. The third-order valence-electron chi connectivity index (χ3n) is 3.32. The summed E-state index contributed by atoms with van der Waals surface area (Å²) in [5.41, 5.74) is 2.09. The van der Waals surface area contributed by atoms with Gasteiger partial charge in [0.05, 0.1) is 0 Å². The van der Waals surface area contributed by atoms with Gasteiger partial charge in [0.25, 0.3) is 0 Å². The molecule has 4 nitrogen and oxygen atoms in total. The van der Waals surface area contributed by atoms with Gasteiger partial charge in [-0.15, -0.1) is 0 Å². The van der Waals surface area contributed by atoms with Crippen molar-refractivity contribution in [2.75, 3.05) is 16.8 Å². The van der Waals surface area contributed by atoms with Crippen LogP contribution in [0.4, 0.5) is 11.6 Å². The van der Waals surface area contributed by atoms with Crippen LogP contribution in [0.1, 0.15) is 13.8 Å². The number of nitrogens with zero attached hydrogens (tertiary/aromatic N) is 4. The van der Waals surface area contributed by atoms with Gasteiger partial charge in [0.2, 0.25) is 0 Å². The van der Waals surface area contributed by atoms with Crippen LogP contribution in [0, 0.1) is 0 Å². The molecular weight excluding hydrogens is 224 g/mol. The third-order valence-corrected chi connectivity index (χ3v) is 3.32. The number of hydrogen-bond acceptors (Lipinski definition) is 4. The highest BCUT2D eigenvalue weighted by atomic mass is 15.5. The summed E-state index contributed by atoms with van der Waals surface area (Å²) in [7, 11) is 2.02. The average Bonchev–Trinajstić information content (AvgIpc) is 2.65. The van der Waals surface area contributed by atoms with Crippen molar-refractivity contribution in [1.29, 1.82) is 0 Å². The Labute approximate surface area is 108 Å². The van der Waals surface area contributed by atoms with Gasteiger partial charge in [-0.25, -0.2) is 9.97 Å².